The van der Waals surface area contributed by atoms with Gasteiger partial charge in [-0.15, -0.1) is 0 Å². The second kappa shape index (κ2) is 16.6. The quantitative estimate of drug-likeness (QED) is 0.146. The molecule has 3 aromatic rings. The number of benzene rings is 1. The van der Waals surface area contributed by atoms with Crippen molar-refractivity contribution >= 4 is 17.6 Å². The predicted octanol–water partition coefficient (Wildman–Crippen LogP) is 10.9. The molecule has 0 radical (unpaired) electrons. The van der Waals surface area contributed by atoms with Crippen LogP contribution in [0.25, 0.3) is 11.5 Å². The largest absolute Gasteiger partial charge is 0.462 e. The Morgan fingerprint density at radius 1 is 0.929 bits per heavy atom. The molecule has 8 atom stereocenters. The summed E-state index contributed by atoms with van der Waals surface area (Å²) >= 11 is 0. The number of fused-ring (bicyclic) bond motifs is 6. The summed E-state index contributed by atoms with van der Waals surface area (Å²) < 4.78 is 6.22. The minimum atomic E-state index is -0.127. The molecular weight excluding hydrogens is 691 g/mol. The molecule has 3 heterocycles. The SMILES string of the molecule is CC(C)CCCC(C)[C@H]1CC[C@H]2[C@@H]3CC=C4C[C@@H](OC(=O)CCNc5cc(N6CCc7ccccc7CC6)nc(-c6ccccn6)n5)CC[C@]4(C)[C@H]3CC[C@]12C. The van der Waals surface area contributed by atoms with Crippen LogP contribution in [0.1, 0.15) is 123 Å². The molecule has 56 heavy (non-hydrogen) atoms. The van der Waals surface area contributed by atoms with Gasteiger partial charge >= 0.3 is 5.97 Å². The molecule has 7 nitrogen and oxygen atoms in total. The van der Waals surface area contributed by atoms with E-state index >= 15 is 0 Å². The van der Waals surface area contributed by atoms with Crippen LogP contribution in [0.15, 0.2) is 66.4 Å². The van der Waals surface area contributed by atoms with E-state index in [-0.39, 0.29) is 17.5 Å². The minimum absolute atomic E-state index is 0.0247. The first kappa shape index (κ1) is 39.1. The number of esters is 1. The lowest BCUT2D eigenvalue weighted by Gasteiger charge is -2.58. The molecule has 3 fully saturated rings. The third-order valence-electron chi connectivity index (χ3n) is 15.5. The fraction of sp³-hybridized carbons (Fsp3) is 0.633. The highest BCUT2D eigenvalue weighted by molar-refractivity contribution is 5.70. The number of aromatic nitrogens is 3. The Kier molecular flexibility index (Phi) is 11.6. The smallest absolute Gasteiger partial charge is 0.307 e. The van der Waals surface area contributed by atoms with Crippen molar-refractivity contribution in [2.45, 2.75) is 131 Å². The Balaban J connectivity index is 0.868. The topological polar surface area (TPSA) is 80.2 Å². The summed E-state index contributed by atoms with van der Waals surface area (Å²) in [5, 5.41) is 3.45. The van der Waals surface area contributed by atoms with Crippen molar-refractivity contribution < 1.29 is 9.53 Å². The zero-order chi connectivity index (χ0) is 38.9. The number of ether oxygens (including phenoxy) is 1. The van der Waals surface area contributed by atoms with Gasteiger partial charge in [0.05, 0.1) is 6.42 Å². The van der Waals surface area contributed by atoms with Gasteiger partial charge in [-0.05, 0) is 127 Å². The van der Waals surface area contributed by atoms with Gasteiger partial charge in [0, 0.05) is 38.3 Å². The van der Waals surface area contributed by atoms with Crippen LogP contribution in [0.3, 0.4) is 0 Å². The second-order valence-electron chi connectivity index (χ2n) is 19.2. The number of hydrogen-bond donors (Lipinski definition) is 1. The number of carbonyl (C=O) groups excluding carboxylic acids is 1. The summed E-state index contributed by atoms with van der Waals surface area (Å²) in [6, 6.07) is 16.6. The highest BCUT2D eigenvalue weighted by Crippen LogP contribution is 2.67. The van der Waals surface area contributed by atoms with Crippen molar-refractivity contribution in [3.63, 3.8) is 0 Å². The Morgan fingerprint density at radius 2 is 1.71 bits per heavy atom. The molecular formula is C49H67N5O2. The number of nitrogens with zero attached hydrogens (tertiary/aromatic N) is 4. The van der Waals surface area contributed by atoms with Crippen LogP contribution in [0.5, 0.6) is 0 Å². The molecule has 0 bridgehead atoms. The van der Waals surface area contributed by atoms with Gasteiger partial charge < -0.3 is 15.0 Å². The van der Waals surface area contributed by atoms with E-state index in [1.807, 2.05) is 24.3 Å². The zero-order valence-electron chi connectivity index (χ0n) is 34.9. The molecule has 1 unspecified atom stereocenters. The molecule has 3 saturated carbocycles. The molecule has 1 N–H and O–H groups in total. The lowest BCUT2D eigenvalue weighted by Crippen LogP contribution is -2.51. The summed E-state index contributed by atoms with van der Waals surface area (Å²) in [5.41, 5.74) is 5.89. The van der Waals surface area contributed by atoms with E-state index in [2.05, 4.69) is 80.2 Å². The van der Waals surface area contributed by atoms with Crippen LogP contribution in [-0.4, -0.2) is 46.7 Å². The lowest BCUT2D eigenvalue weighted by molar-refractivity contribution is -0.151. The zero-order valence-corrected chi connectivity index (χ0v) is 34.9. The van der Waals surface area contributed by atoms with Crippen molar-refractivity contribution in [2.75, 3.05) is 29.9 Å². The predicted molar refractivity (Wildman–Crippen MR) is 227 cm³/mol. The van der Waals surface area contributed by atoms with E-state index in [4.69, 9.17) is 14.7 Å². The van der Waals surface area contributed by atoms with Crippen molar-refractivity contribution in [1.82, 2.24) is 15.0 Å². The molecule has 1 aliphatic heterocycles. The second-order valence-corrected chi connectivity index (χ2v) is 19.2. The normalized spacial score (nSPS) is 30.3. The third-order valence-corrected chi connectivity index (χ3v) is 15.5. The van der Waals surface area contributed by atoms with Gasteiger partial charge in [-0.1, -0.05) is 95.9 Å². The molecule has 4 aliphatic carbocycles. The average Bonchev–Trinajstić information content (AvgIpc) is 3.41. The van der Waals surface area contributed by atoms with Crippen molar-refractivity contribution in [3.8, 4) is 11.5 Å². The van der Waals surface area contributed by atoms with Gasteiger partial charge in [-0.25, -0.2) is 9.97 Å². The van der Waals surface area contributed by atoms with E-state index in [0.29, 0.717) is 30.0 Å². The number of carbonyl (C=O) groups is 1. The summed E-state index contributed by atoms with van der Waals surface area (Å²) in [4.78, 5) is 30.0. The first-order valence-electron chi connectivity index (χ1n) is 22.4. The van der Waals surface area contributed by atoms with Crippen LogP contribution in [0.2, 0.25) is 0 Å². The Hall–Kier alpha value is -3.74. The first-order valence-corrected chi connectivity index (χ1v) is 22.4. The summed E-state index contributed by atoms with van der Waals surface area (Å²) in [6.45, 7) is 14.8. The van der Waals surface area contributed by atoms with Gasteiger partial charge in [-0.3, -0.25) is 9.78 Å². The molecule has 0 saturated heterocycles. The van der Waals surface area contributed by atoms with E-state index in [9.17, 15) is 4.79 Å². The van der Waals surface area contributed by atoms with Gasteiger partial charge in [-0.2, -0.15) is 0 Å². The van der Waals surface area contributed by atoms with Crippen LogP contribution >= 0.6 is 0 Å². The number of allylic oxidation sites excluding steroid dienone is 1. The number of hydrogen-bond acceptors (Lipinski definition) is 7. The minimum Gasteiger partial charge on any atom is -0.462 e. The van der Waals surface area contributed by atoms with Gasteiger partial charge in [0.2, 0.25) is 0 Å². The van der Waals surface area contributed by atoms with E-state index < -0.39 is 0 Å². The Morgan fingerprint density at radius 3 is 2.46 bits per heavy atom. The summed E-state index contributed by atoms with van der Waals surface area (Å²) in [5.74, 6) is 7.05. The average molecular weight is 758 g/mol. The van der Waals surface area contributed by atoms with E-state index in [0.717, 1.165) is 92.2 Å². The van der Waals surface area contributed by atoms with Crippen LogP contribution in [-0.2, 0) is 22.4 Å². The Bertz CT molecular complexity index is 1830. The maximum atomic E-state index is 13.3. The standard InChI is InChI=1S/C49H67N5O2/c1-33(2)11-10-12-34(3)40-18-19-41-39-17-16-37-31-38(20-25-48(37,4)42(39)21-26-49(40,41)5)56-46(55)22-28-51-44-32-45(53-47(52-44)43-15-8-9-27-50-43)54-29-23-35-13-6-7-14-36(35)24-30-54/h6-9,13-16,27,32-34,38-42H,10-12,17-26,28-31H2,1-5H3,(H,51,52,53)/t34?,38-,39-,40+,41-,42-,48-,49+/m0/s1. The fourth-order valence-corrected chi connectivity index (χ4v) is 12.5. The number of nitrogens with one attached hydrogen (secondary N) is 1. The number of rotatable bonds is 12. The van der Waals surface area contributed by atoms with Crippen molar-refractivity contribution in [3.05, 3.63) is 77.5 Å². The van der Waals surface area contributed by atoms with E-state index in [1.54, 1.807) is 11.8 Å². The maximum absolute atomic E-state index is 13.3. The molecule has 0 spiro atoms. The summed E-state index contributed by atoms with van der Waals surface area (Å²) in [6.07, 6.45) is 20.6. The molecule has 2 aromatic heterocycles. The van der Waals surface area contributed by atoms with E-state index in [1.165, 1.54) is 62.5 Å². The molecule has 0 amide bonds. The van der Waals surface area contributed by atoms with Gasteiger partial charge in [0.25, 0.3) is 0 Å². The van der Waals surface area contributed by atoms with Crippen molar-refractivity contribution in [1.29, 1.82) is 0 Å². The maximum Gasteiger partial charge on any atom is 0.307 e. The first-order chi connectivity index (χ1) is 27.1. The highest BCUT2D eigenvalue weighted by Gasteiger charge is 2.59. The third kappa shape index (κ3) is 8.03. The van der Waals surface area contributed by atoms with Gasteiger partial charge in [0.1, 0.15) is 23.4 Å². The number of anilines is 2. The molecule has 300 valence electrons. The van der Waals surface area contributed by atoms with Crippen molar-refractivity contribution in [2.24, 2.45) is 46.3 Å². The molecule has 8 rings (SSSR count). The fourth-order valence-electron chi connectivity index (χ4n) is 12.5. The van der Waals surface area contributed by atoms with Crippen LogP contribution in [0, 0.1) is 46.3 Å². The van der Waals surface area contributed by atoms with Crippen LogP contribution in [0.4, 0.5) is 11.6 Å². The lowest BCUT2D eigenvalue weighted by atomic mass is 9.47. The molecule has 1 aromatic carbocycles. The summed E-state index contributed by atoms with van der Waals surface area (Å²) in [7, 11) is 0. The van der Waals surface area contributed by atoms with Crippen LogP contribution < -0.4 is 10.2 Å². The monoisotopic (exact) mass is 758 g/mol. The number of pyridine rings is 1. The van der Waals surface area contributed by atoms with Gasteiger partial charge in [0.15, 0.2) is 5.82 Å². The molecule has 7 heteroatoms. The Labute approximate surface area is 336 Å². The molecule has 5 aliphatic rings. The highest BCUT2D eigenvalue weighted by atomic mass is 16.5.